The van der Waals surface area contributed by atoms with E-state index in [4.69, 9.17) is 14.1 Å². The molecule has 12 heteroatoms. The third-order valence-corrected chi connectivity index (χ3v) is 8.39. The number of piperazine rings is 1. The second-order valence-electron chi connectivity index (χ2n) is 11.2. The zero-order valence-electron chi connectivity index (χ0n) is 24.3. The summed E-state index contributed by atoms with van der Waals surface area (Å²) in [6.45, 7) is 7.72. The van der Waals surface area contributed by atoms with Crippen molar-refractivity contribution in [2.45, 2.75) is 70.6 Å². The highest BCUT2D eigenvalue weighted by molar-refractivity contribution is 6.04. The maximum Gasteiger partial charge on any atom is 0.249 e. The lowest BCUT2D eigenvalue weighted by Gasteiger charge is -2.43. The van der Waals surface area contributed by atoms with Crippen molar-refractivity contribution < 1.29 is 13.9 Å². The summed E-state index contributed by atoms with van der Waals surface area (Å²) in [5.74, 6) is 2.99. The summed E-state index contributed by atoms with van der Waals surface area (Å²) in [4.78, 5) is 28.9. The molecule has 1 amide bonds. The minimum Gasteiger partial charge on any atom is -0.495 e. The average Bonchev–Trinajstić information content (AvgIpc) is 3.68. The van der Waals surface area contributed by atoms with Crippen LogP contribution in [0.4, 0.5) is 23.1 Å². The van der Waals surface area contributed by atoms with Gasteiger partial charge in [0.1, 0.15) is 17.5 Å². The Bertz CT molecular complexity index is 1390. The molecule has 12 nitrogen and oxygen atoms in total. The van der Waals surface area contributed by atoms with E-state index >= 15 is 0 Å². The van der Waals surface area contributed by atoms with Crippen molar-refractivity contribution in [1.82, 2.24) is 30.4 Å². The molecular weight excluding hydrogens is 522 g/mol. The molecule has 1 saturated heterocycles. The van der Waals surface area contributed by atoms with Crippen LogP contribution in [-0.2, 0) is 11.3 Å². The number of anilines is 4. The molecule has 3 aromatic rings. The zero-order chi connectivity index (χ0) is 28.5. The number of aromatic nitrogens is 4. The average molecular weight is 562 g/mol. The molecule has 0 bridgehead atoms. The zero-order valence-corrected chi connectivity index (χ0v) is 24.3. The molecule has 6 rings (SSSR count). The largest absolute Gasteiger partial charge is 0.495 e. The first-order valence-electron chi connectivity index (χ1n) is 14.6. The number of fused-ring (bicyclic) bond motifs is 1. The second-order valence-corrected chi connectivity index (χ2v) is 11.2. The van der Waals surface area contributed by atoms with Gasteiger partial charge in [0.15, 0.2) is 5.82 Å². The Morgan fingerprint density at radius 1 is 1.22 bits per heavy atom. The summed E-state index contributed by atoms with van der Waals surface area (Å²) in [7, 11) is 3.43. The molecule has 2 fully saturated rings. The van der Waals surface area contributed by atoms with E-state index in [1.807, 2.05) is 18.2 Å². The van der Waals surface area contributed by atoms with Crippen LogP contribution in [0.15, 0.2) is 28.8 Å². The summed E-state index contributed by atoms with van der Waals surface area (Å²) in [6.07, 6.45) is 6.95. The lowest BCUT2D eigenvalue weighted by atomic mass is 10.0. The number of amides is 1. The van der Waals surface area contributed by atoms with Crippen LogP contribution in [0.2, 0.25) is 0 Å². The van der Waals surface area contributed by atoms with Crippen LogP contribution < -0.4 is 25.2 Å². The van der Waals surface area contributed by atoms with E-state index < -0.39 is 0 Å². The van der Waals surface area contributed by atoms with Crippen LogP contribution in [0.5, 0.6) is 5.75 Å². The first-order valence-corrected chi connectivity index (χ1v) is 14.6. The Morgan fingerprint density at radius 2 is 2.05 bits per heavy atom. The lowest BCUT2D eigenvalue weighted by Crippen LogP contribution is -2.55. The van der Waals surface area contributed by atoms with Gasteiger partial charge >= 0.3 is 0 Å². The smallest absolute Gasteiger partial charge is 0.249 e. The molecule has 1 aliphatic carbocycles. The number of hydrogen-bond donors (Lipinski definition) is 2. The van der Waals surface area contributed by atoms with Gasteiger partial charge in [0.05, 0.1) is 25.5 Å². The van der Waals surface area contributed by atoms with Crippen LogP contribution >= 0.6 is 0 Å². The lowest BCUT2D eigenvalue weighted by molar-refractivity contribution is -0.120. The Labute approximate surface area is 240 Å². The van der Waals surface area contributed by atoms with E-state index in [1.165, 1.54) is 12.8 Å². The molecule has 2 atom stereocenters. The number of likely N-dealkylation sites (N-methyl/N-ethyl adjacent to an activating group) is 1. The van der Waals surface area contributed by atoms with Crippen molar-refractivity contribution in [3.05, 3.63) is 30.3 Å². The van der Waals surface area contributed by atoms with Crippen LogP contribution in [0.3, 0.4) is 0 Å². The number of nitrogens with zero attached hydrogens (tertiary/aromatic N) is 7. The van der Waals surface area contributed by atoms with Gasteiger partial charge in [-0.05, 0) is 44.4 Å². The number of rotatable bonds is 8. The SMILES string of the molecule is CC[C@@H]1C(=O)N(C)c2cnc(Nc3ccc(-c4nnc(CN5CCNC(C)C5)o4)cc3OC)nc2N1C1CCCC1. The third kappa shape index (κ3) is 5.45. The summed E-state index contributed by atoms with van der Waals surface area (Å²) in [5, 5.41) is 15.3. The second kappa shape index (κ2) is 11.6. The van der Waals surface area contributed by atoms with E-state index in [0.29, 0.717) is 47.8 Å². The first kappa shape index (κ1) is 27.4. The van der Waals surface area contributed by atoms with Crippen molar-refractivity contribution in [2.75, 3.05) is 48.9 Å². The molecule has 2 aliphatic heterocycles. The van der Waals surface area contributed by atoms with Crippen LogP contribution in [0.25, 0.3) is 11.5 Å². The van der Waals surface area contributed by atoms with Gasteiger partial charge in [-0.2, -0.15) is 4.98 Å². The van der Waals surface area contributed by atoms with Gasteiger partial charge < -0.3 is 29.6 Å². The minimum atomic E-state index is -0.221. The Morgan fingerprint density at radius 3 is 2.80 bits per heavy atom. The molecule has 41 heavy (non-hydrogen) atoms. The van der Waals surface area contributed by atoms with Gasteiger partial charge in [-0.25, -0.2) is 4.98 Å². The molecule has 1 unspecified atom stereocenters. The molecule has 4 heterocycles. The van der Waals surface area contributed by atoms with Crippen LogP contribution in [0.1, 0.15) is 51.8 Å². The summed E-state index contributed by atoms with van der Waals surface area (Å²) < 4.78 is 11.7. The number of methoxy groups -OCH3 is 1. The molecule has 0 radical (unpaired) electrons. The summed E-state index contributed by atoms with van der Waals surface area (Å²) in [6, 6.07) is 6.21. The normalized spacial score (nSPS) is 21.8. The van der Waals surface area contributed by atoms with E-state index in [1.54, 1.807) is 25.3 Å². The topological polar surface area (TPSA) is 125 Å². The maximum absolute atomic E-state index is 13.2. The maximum atomic E-state index is 13.2. The predicted octanol–water partition coefficient (Wildman–Crippen LogP) is 3.58. The predicted molar refractivity (Wildman–Crippen MR) is 157 cm³/mol. The van der Waals surface area contributed by atoms with Gasteiger partial charge in [0.25, 0.3) is 0 Å². The molecule has 1 aromatic carbocycles. The Hall–Kier alpha value is -3.77. The van der Waals surface area contributed by atoms with Crippen molar-refractivity contribution in [3.8, 4) is 17.2 Å². The molecule has 1 saturated carbocycles. The van der Waals surface area contributed by atoms with Crippen LogP contribution in [0, 0.1) is 0 Å². The Balaban J connectivity index is 1.23. The first-order chi connectivity index (χ1) is 19.9. The fourth-order valence-corrected chi connectivity index (χ4v) is 6.27. The van der Waals surface area contributed by atoms with E-state index in [2.05, 4.69) is 49.5 Å². The van der Waals surface area contributed by atoms with Gasteiger partial charge in [-0.15, -0.1) is 10.2 Å². The molecule has 2 N–H and O–H groups in total. The highest BCUT2D eigenvalue weighted by Crippen LogP contribution is 2.40. The number of nitrogens with one attached hydrogen (secondary N) is 2. The van der Waals surface area contributed by atoms with Gasteiger partial charge in [0.2, 0.25) is 23.6 Å². The van der Waals surface area contributed by atoms with Crippen LogP contribution in [-0.4, -0.2) is 82.9 Å². The summed E-state index contributed by atoms with van der Waals surface area (Å²) >= 11 is 0. The van der Waals surface area contributed by atoms with E-state index in [9.17, 15) is 4.79 Å². The monoisotopic (exact) mass is 561 g/mol. The number of carbonyl (C=O) groups excluding carboxylic acids is 1. The van der Waals surface area contributed by atoms with Crippen molar-refractivity contribution in [1.29, 1.82) is 0 Å². The van der Waals surface area contributed by atoms with Gasteiger partial charge in [-0.1, -0.05) is 19.8 Å². The molecule has 218 valence electrons. The minimum absolute atomic E-state index is 0.0974. The molecular formula is C29H39N9O3. The molecule has 2 aromatic heterocycles. The Kier molecular flexibility index (Phi) is 7.76. The van der Waals surface area contributed by atoms with Gasteiger partial charge in [0, 0.05) is 44.3 Å². The fraction of sp³-hybridized carbons (Fsp3) is 0.552. The fourth-order valence-electron chi connectivity index (χ4n) is 6.27. The van der Waals surface area contributed by atoms with E-state index in [-0.39, 0.29) is 11.9 Å². The number of carbonyl (C=O) groups is 1. The van der Waals surface area contributed by atoms with Crippen molar-refractivity contribution in [2.24, 2.45) is 0 Å². The number of benzene rings is 1. The standard InChI is InChI=1S/C29H39N9O3/c1-5-22-28(39)36(3)23-15-31-29(33-26(23)38(22)20-8-6-7-9-20)32-21-11-10-19(14-24(21)40-4)27-35-34-25(41-27)17-37-13-12-30-18(2)16-37/h10-11,14-15,18,20,22,30H,5-9,12-13,16-17H2,1-4H3,(H,31,32,33)/t18?,22-/m1/s1. The molecule has 3 aliphatic rings. The summed E-state index contributed by atoms with van der Waals surface area (Å²) in [5.41, 5.74) is 2.22. The highest BCUT2D eigenvalue weighted by atomic mass is 16.5. The van der Waals surface area contributed by atoms with Gasteiger partial charge in [-0.3, -0.25) is 9.69 Å². The van der Waals surface area contributed by atoms with Crippen molar-refractivity contribution >= 4 is 29.0 Å². The number of hydrogen-bond acceptors (Lipinski definition) is 11. The van der Waals surface area contributed by atoms with E-state index in [0.717, 1.165) is 56.0 Å². The molecule has 0 spiro atoms. The highest BCUT2D eigenvalue weighted by Gasteiger charge is 2.41. The number of ether oxygens (including phenoxy) is 1. The third-order valence-electron chi connectivity index (χ3n) is 8.39. The quantitative estimate of drug-likeness (QED) is 0.419. The van der Waals surface area contributed by atoms with Crippen molar-refractivity contribution in [3.63, 3.8) is 0 Å².